The minimum atomic E-state index is -0.844. The summed E-state index contributed by atoms with van der Waals surface area (Å²) in [6.07, 6.45) is 8.74. The fraction of sp³-hybridized carbons (Fsp3) is 0.333. The predicted octanol–water partition coefficient (Wildman–Crippen LogP) is 2.39. The van der Waals surface area contributed by atoms with Crippen molar-refractivity contribution >= 4 is 5.97 Å². The molecule has 0 fully saturated rings. The lowest BCUT2D eigenvalue weighted by Crippen LogP contribution is -2.19. The zero-order valence-electron chi connectivity index (χ0n) is 10.6. The fourth-order valence-electron chi connectivity index (χ4n) is 2.81. The van der Waals surface area contributed by atoms with Crippen LogP contribution >= 0.6 is 0 Å². The average molecular weight is 256 g/mol. The number of aryl methyl sites for hydroxylation is 1. The number of nitrogens with zero attached hydrogens (tertiary/aromatic N) is 2. The first-order valence-corrected chi connectivity index (χ1v) is 6.53. The molecule has 1 aliphatic rings. The van der Waals surface area contributed by atoms with Gasteiger partial charge in [0.15, 0.2) is 0 Å². The number of benzene rings is 1. The number of imidazole rings is 1. The molecule has 1 N–H and O–H groups in total. The molecule has 4 heteroatoms. The van der Waals surface area contributed by atoms with Crippen LogP contribution in [0.25, 0.3) is 0 Å². The molecular formula is C15H16N2O2. The van der Waals surface area contributed by atoms with Crippen LogP contribution in [-0.4, -0.2) is 20.6 Å². The second-order valence-electron chi connectivity index (χ2n) is 5.16. The lowest BCUT2D eigenvalue weighted by molar-refractivity contribution is 0.0696. The number of hydrogen-bond acceptors (Lipinski definition) is 2. The van der Waals surface area contributed by atoms with Crippen molar-refractivity contribution in [3.63, 3.8) is 0 Å². The molecule has 4 nitrogen and oxygen atoms in total. The molecule has 0 saturated heterocycles. The van der Waals surface area contributed by atoms with Crippen LogP contribution in [0, 0.1) is 5.92 Å². The molecule has 0 saturated carbocycles. The van der Waals surface area contributed by atoms with E-state index in [1.54, 1.807) is 12.3 Å². The number of carboxylic acids is 1. The van der Waals surface area contributed by atoms with Crippen molar-refractivity contribution < 1.29 is 9.90 Å². The molecule has 98 valence electrons. The van der Waals surface area contributed by atoms with E-state index in [4.69, 9.17) is 5.11 Å². The molecular weight excluding hydrogens is 240 g/mol. The molecule has 1 atom stereocenters. The predicted molar refractivity (Wildman–Crippen MR) is 71.1 cm³/mol. The first kappa shape index (κ1) is 12.0. The van der Waals surface area contributed by atoms with Gasteiger partial charge in [0.25, 0.3) is 0 Å². The van der Waals surface area contributed by atoms with Gasteiger partial charge < -0.3 is 9.67 Å². The maximum absolute atomic E-state index is 11.0. The normalized spacial score (nSPS) is 18.0. The highest BCUT2D eigenvalue weighted by Gasteiger charge is 2.20. The van der Waals surface area contributed by atoms with Crippen molar-refractivity contribution in [2.45, 2.75) is 25.8 Å². The van der Waals surface area contributed by atoms with Crippen LogP contribution < -0.4 is 0 Å². The summed E-state index contributed by atoms with van der Waals surface area (Å²) in [4.78, 5) is 15.0. The molecule has 1 heterocycles. The summed E-state index contributed by atoms with van der Waals surface area (Å²) in [5, 5.41) is 9.00. The molecule has 2 aromatic rings. The number of carboxylic acid groups (broad SMARTS) is 1. The minimum absolute atomic E-state index is 0.395. The number of aromatic carboxylic acids is 1. The lowest BCUT2D eigenvalue weighted by atomic mass is 9.83. The SMILES string of the molecule is O=C(O)c1ccc2c(c1)CC[C@H](Cn1ccnc1)C2. The second kappa shape index (κ2) is 4.88. The molecule has 0 unspecified atom stereocenters. The summed E-state index contributed by atoms with van der Waals surface area (Å²) in [7, 11) is 0. The quantitative estimate of drug-likeness (QED) is 0.917. The Bertz CT molecular complexity index is 590. The van der Waals surface area contributed by atoms with Gasteiger partial charge in [0.2, 0.25) is 0 Å². The molecule has 0 aliphatic heterocycles. The number of fused-ring (bicyclic) bond motifs is 1. The van der Waals surface area contributed by atoms with Gasteiger partial charge in [-0.15, -0.1) is 0 Å². The third kappa shape index (κ3) is 2.52. The topological polar surface area (TPSA) is 55.1 Å². The Morgan fingerprint density at radius 3 is 3.05 bits per heavy atom. The molecule has 1 aromatic carbocycles. The molecule has 3 rings (SSSR count). The van der Waals surface area contributed by atoms with Crippen LogP contribution in [0.15, 0.2) is 36.9 Å². The first-order chi connectivity index (χ1) is 9.22. The van der Waals surface area contributed by atoms with Crippen LogP contribution in [0.1, 0.15) is 27.9 Å². The molecule has 0 bridgehead atoms. The summed E-state index contributed by atoms with van der Waals surface area (Å²) < 4.78 is 2.11. The number of rotatable bonds is 3. The largest absolute Gasteiger partial charge is 0.478 e. The summed E-state index contributed by atoms with van der Waals surface area (Å²) >= 11 is 0. The van der Waals surface area contributed by atoms with Crippen molar-refractivity contribution in [3.8, 4) is 0 Å². The van der Waals surface area contributed by atoms with Crippen molar-refractivity contribution in [3.05, 3.63) is 53.6 Å². The zero-order chi connectivity index (χ0) is 13.2. The van der Waals surface area contributed by atoms with Crippen LogP contribution in [0.3, 0.4) is 0 Å². The first-order valence-electron chi connectivity index (χ1n) is 6.53. The Morgan fingerprint density at radius 1 is 1.42 bits per heavy atom. The molecule has 1 aliphatic carbocycles. The highest BCUT2D eigenvalue weighted by Crippen LogP contribution is 2.27. The average Bonchev–Trinajstić information content (AvgIpc) is 2.91. The maximum Gasteiger partial charge on any atom is 0.335 e. The van der Waals surface area contributed by atoms with Gasteiger partial charge in [-0.1, -0.05) is 6.07 Å². The van der Waals surface area contributed by atoms with E-state index in [0.717, 1.165) is 25.8 Å². The number of hydrogen-bond donors (Lipinski definition) is 1. The van der Waals surface area contributed by atoms with Crippen LogP contribution in [0.4, 0.5) is 0 Å². The van der Waals surface area contributed by atoms with Crippen molar-refractivity contribution in [1.29, 1.82) is 0 Å². The Morgan fingerprint density at radius 2 is 2.32 bits per heavy atom. The number of aromatic nitrogens is 2. The summed E-state index contributed by atoms with van der Waals surface area (Å²) in [5.41, 5.74) is 2.88. The third-order valence-corrected chi connectivity index (χ3v) is 3.81. The van der Waals surface area contributed by atoms with Crippen LogP contribution in [0.5, 0.6) is 0 Å². The third-order valence-electron chi connectivity index (χ3n) is 3.81. The highest BCUT2D eigenvalue weighted by molar-refractivity contribution is 5.87. The van der Waals surface area contributed by atoms with Gasteiger partial charge >= 0.3 is 5.97 Å². The van der Waals surface area contributed by atoms with Crippen molar-refractivity contribution in [2.24, 2.45) is 5.92 Å². The monoisotopic (exact) mass is 256 g/mol. The molecule has 0 spiro atoms. The van der Waals surface area contributed by atoms with Gasteiger partial charge in [-0.25, -0.2) is 9.78 Å². The van der Waals surface area contributed by atoms with Gasteiger partial charge in [0.1, 0.15) is 0 Å². The number of carbonyl (C=O) groups is 1. The van der Waals surface area contributed by atoms with Gasteiger partial charge in [-0.05, 0) is 48.4 Å². The Hall–Kier alpha value is -2.10. The lowest BCUT2D eigenvalue weighted by Gasteiger charge is -2.25. The van der Waals surface area contributed by atoms with E-state index in [0.29, 0.717) is 11.5 Å². The minimum Gasteiger partial charge on any atom is -0.478 e. The molecule has 0 radical (unpaired) electrons. The van der Waals surface area contributed by atoms with Crippen molar-refractivity contribution in [1.82, 2.24) is 9.55 Å². The van der Waals surface area contributed by atoms with E-state index in [1.807, 2.05) is 24.7 Å². The smallest absolute Gasteiger partial charge is 0.335 e. The van der Waals surface area contributed by atoms with Crippen LogP contribution in [-0.2, 0) is 19.4 Å². The maximum atomic E-state index is 11.0. The molecule has 0 amide bonds. The fourth-order valence-corrected chi connectivity index (χ4v) is 2.81. The van der Waals surface area contributed by atoms with Gasteiger partial charge in [-0.2, -0.15) is 0 Å². The van der Waals surface area contributed by atoms with E-state index in [1.165, 1.54) is 11.1 Å². The van der Waals surface area contributed by atoms with E-state index < -0.39 is 5.97 Å². The molecule has 1 aromatic heterocycles. The Labute approximate surface area is 111 Å². The highest BCUT2D eigenvalue weighted by atomic mass is 16.4. The molecule has 19 heavy (non-hydrogen) atoms. The zero-order valence-corrected chi connectivity index (χ0v) is 10.6. The van der Waals surface area contributed by atoms with Gasteiger partial charge in [-0.3, -0.25) is 0 Å². The van der Waals surface area contributed by atoms with Gasteiger partial charge in [0, 0.05) is 18.9 Å². The van der Waals surface area contributed by atoms with E-state index >= 15 is 0 Å². The van der Waals surface area contributed by atoms with E-state index in [2.05, 4.69) is 9.55 Å². The standard InChI is InChI=1S/C15H16N2O2/c18-15(19)14-4-3-12-7-11(1-2-13(12)8-14)9-17-6-5-16-10-17/h3-6,8,10-11H,1-2,7,9H2,(H,18,19)/t11-/m0/s1. The van der Waals surface area contributed by atoms with Crippen LogP contribution in [0.2, 0.25) is 0 Å². The van der Waals surface area contributed by atoms with Crippen molar-refractivity contribution in [2.75, 3.05) is 0 Å². The van der Waals surface area contributed by atoms with E-state index in [9.17, 15) is 4.79 Å². The van der Waals surface area contributed by atoms with Gasteiger partial charge in [0.05, 0.1) is 11.9 Å². The Balaban J connectivity index is 1.75. The second-order valence-corrected chi connectivity index (χ2v) is 5.16. The summed E-state index contributed by atoms with van der Waals surface area (Å²) in [6, 6.07) is 5.50. The summed E-state index contributed by atoms with van der Waals surface area (Å²) in [5.74, 6) is -0.235. The Kier molecular flexibility index (Phi) is 3.07. The summed E-state index contributed by atoms with van der Waals surface area (Å²) in [6.45, 7) is 0.986. The van der Waals surface area contributed by atoms with E-state index in [-0.39, 0.29) is 0 Å².